The maximum absolute atomic E-state index is 12.4. The number of aromatic nitrogens is 2. The van der Waals surface area contributed by atoms with E-state index in [-0.39, 0.29) is 11.4 Å². The van der Waals surface area contributed by atoms with Crippen molar-refractivity contribution in [2.75, 3.05) is 0 Å². The molecule has 1 aromatic carbocycles. The summed E-state index contributed by atoms with van der Waals surface area (Å²) in [7, 11) is -3.67. The van der Waals surface area contributed by atoms with Gasteiger partial charge in [0.1, 0.15) is 5.69 Å². The number of halogens is 1. The van der Waals surface area contributed by atoms with Crippen molar-refractivity contribution in [2.24, 2.45) is 0 Å². The van der Waals surface area contributed by atoms with E-state index >= 15 is 0 Å². The molecule has 0 aliphatic carbocycles. The van der Waals surface area contributed by atoms with E-state index in [0.29, 0.717) is 21.6 Å². The summed E-state index contributed by atoms with van der Waals surface area (Å²) in [5, 5.41) is 0. The third-order valence-electron chi connectivity index (χ3n) is 3.08. The predicted molar refractivity (Wildman–Crippen MR) is 87.9 cm³/mol. The second-order valence-corrected chi connectivity index (χ2v) is 7.17. The first kappa shape index (κ1) is 15.9. The largest absolute Gasteiger partial charge is 0.463 e. The van der Waals surface area contributed by atoms with E-state index in [9.17, 15) is 8.42 Å². The molecule has 0 spiro atoms. The third-order valence-corrected chi connectivity index (χ3v) is 5.50. The van der Waals surface area contributed by atoms with Crippen molar-refractivity contribution in [2.45, 2.75) is 11.4 Å². The van der Waals surface area contributed by atoms with Gasteiger partial charge in [-0.2, -0.15) is 0 Å². The minimum Gasteiger partial charge on any atom is -0.463 e. The van der Waals surface area contributed by atoms with E-state index in [1.165, 1.54) is 24.7 Å². The molecule has 0 fully saturated rings. The summed E-state index contributed by atoms with van der Waals surface area (Å²) in [6.45, 7) is 0.00748. The Balaban J connectivity index is 1.86. The second-order valence-electron chi connectivity index (χ2n) is 4.58. The highest BCUT2D eigenvalue weighted by atomic mass is 79.9. The zero-order chi connectivity index (χ0) is 16.3. The molecule has 3 rings (SSSR count). The Morgan fingerprint density at radius 1 is 1.09 bits per heavy atom. The molecule has 23 heavy (non-hydrogen) atoms. The Morgan fingerprint density at radius 2 is 1.87 bits per heavy atom. The molecule has 6 nitrogen and oxygen atoms in total. The van der Waals surface area contributed by atoms with Gasteiger partial charge in [0.2, 0.25) is 10.0 Å². The molecular formula is C15H12BrN3O3S. The van der Waals surface area contributed by atoms with Crippen LogP contribution in [0.25, 0.3) is 11.5 Å². The lowest BCUT2D eigenvalue weighted by molar-refractivity contribution is 0.573. The molecule has 0 saturated carbocycles. The van der Waals surface area contributed by atoms with Crippen LogP contribution >= 0.6 is 15.9 Å². The maximum atomic E-state index is 12.4. The first-order valence-corrected chi connectivity index (χ1v) is 8.93. The van der Waals surface area contributed by atoms with Gasteiger partial charge in [-0.15, -0.1) is 0 Å². The van der Waals surface area contributed by atoms with E-state index in [4.69, 9.17) is 4.42 Å². The van der Waals surface area contributed by atoms with Crippen LogP contribution in [0.1, 0.15) is 5.69 Å². The number of hydrogen-bond donors (Lipinski definition) is 1. The minimum atomic E-state index is -3.67. The average Bonchev–Trinajstić information content (AvgIpc) is 3.08. The number of furan rings is 1. The predicted octanol–water partition coefficient (Wildman–Crippen LogP) is 2.98. The minimum absolute atomic E-state index is 0.00748. The fraction of sp³-hybridized carbons (Fsp3) is 0.0667. The number of benzene rings is 1. The van der Waals surface area contributed by atoms with Gasteiger partial charge in [-0.25, -0.2) is 18.1 Å². The molecule has 0 bridgehead atoms. The molecular weight excluding hydrogens is 382 g/mol. The molecule has 118 valence electrons. The number of sulfonamides is 1. The average molecular weight is 394 g/mol. The van der Waals surface area contributed by atoms with E-state index in [2.05, 4.69) is 30.6 Å². The van der Waals surface area contributed by atoms with E-state index < -0.39 is 10.0 Å². The summed E-state index contributed by atoms with van der Waals surface area (Å²) >= 11 is 3.24. The van der Waals surface area contributed by atoms with Crippen LogP contribution < -0.4 is 4.72 Å². The standard InChI is InChI=1S/C15H12BrN3O3S/c16-11-4-1-2-6-14(11)23(20,21)19-10-12-15(18-8-7-17-12)13-5-3-9-22-13/h1-9,19H,10H2. The molecule has 0 unspecified atom stereocenters. The van der Waals surface area contributed by atoms with Crippen molar-refractivity contribution in [3.05, 3.63) is 65.2 Å². The molecule has 2 aromatic heterocycles. The van der Waals surface area contributed by atoms with Crippen molar-refractivity contribution in [3.63, 3.8) is 0 Å². The van der Waals surface area contributed by atoms with Gasteiger partial charge < -0.3 is 4.42 Å². The lowest BCUT2D eigenvalue weighted by Crippen LogP contribution is -2.24. The Kier molecular flexibility index (Phi) is 4.56. The molecule has 8 heteroatoms. The Hall–Kier alpha value is -2.03. The molecule has 0 saturated heterocycles. The van der Waals surface area contributed by atoms with Crippen LogP contribution in [-0.2, 0) is 16.6 Å². The number of rotatable bonds is 5. The van der Waals surface area contributed by atoms with Crippen molar-refractivity contribution < 1.29 is 12.8 Å². The summed E-state index contributed by atoms with van der Waals surface area (Å²) in [4.78, 5) is 8.57. The van der Waals surface area contributed by atoms with Gasteiger partial charge >= 0.3 is 0 Å². The zero-order valence-electron chi connectivity index (χ0n) is 11.8. The van der Waals surface area contributed by atoms with Gasteiger partial charge in [-0.1, -0.05) is 12.1 Å². The van der Waals surface area contributed by atoms with Crippen molar-refractivity contribution in [1.82, 2.24) is 14.7 Å². The highest BCUT2D eigenvalue weighted by Gasteiger charge is 2.18. The normalized spacial score (nSPS) is 11.5. The first-order chi connectivity index (χ1) is 11.1. The molecule has 1 N–H and O–H groups in total. The van der Waals surface area contributed by atoms with Crippen LogP contribution in [0.5, 0.6) is 0 Å². The monoisotopic (exact) mass is 393 g/mol. The fourth-order valence-electron chi connectivity index (χ4n) is 2.02. The molecule has 0 amide bonds. The highest BCUT2D eigenvalue weighted by Crippen LogP contribution is 2.23. The van der Waals surface area contributed by atoms with Crippen LogP contribution in [-0.4, -0.2) is 18.4 Å². The summed E-state index contributed by atoms with van der Waals surface area (Å²) in [5.74, 6) is 0.535. The number of hydrogen-bond acceptors (Lipinski definition) is 5. The lowest BCUT2D eigenvalue weighted by Gasteiger charge is -2.09. The number of nitrogens with one attached hydrogen (secondary N) is 1. The molecule has 2 heterocycles. The molecule has 0 aliphatic rings. The number of nitrogens with zero attached hydrogens (tertiary/aromatic N) is 2. The Bertz CT molecular complexity index is 911. The summed E-state index contributed by atoms with van der Waals surface area (Å²) in [5.41, 5.74) is 0.991. The van der Waals surface area contributed by atoms with Crippen LogP contribution in [0, 0.1) is 0 Å². The van der Waals surface area contributed by atoms with Gasteiger partial charge in [0.25, 0.3) is 0 Å². The van der Waals surface area contributed by atoms with Gasteiger partial charge in [0.05, 0.1) is 23.4 Å². The highest BCUT2D eigenvalue weighted by molar-refractivity contribution is 9.10. The maximum Gasteiger partial charge on any atom is 0.242 e. The van der Waals surface area contributed by atoms with Crippen LogP contribution in [0.3, 0.4) is 0 Å². The Morgan fingerprint density at radius 3 is 2.61 bits per heavy atom. The van der Waals surface area contributed by atoms with Gasteiger partial charge in [-0.05, 0) is 40.2 Å². The topological polar surface area (TPSA) is 85.1 Å². The molecule has 0 aliphatic heterocycles. The zero-order valence-corrected chi connectivity index (χ0v) is 14.2. The van der Waals surface area contributed by atoms with Gasteiger partial charge in [0.15, 0.2) is 5.76 Å². The smallest absolute Gasteiger partial charge is 0.242 e. The Labute approximate surface area is 141 Å². The van der Waals surface area contributed by atoms with E-state index in [0.717, 1.165) is 0 Å². The lowest BCUT2D eigenvalue weighted by atomic mass is 10.2. The molecule has 3 aromatic rings. The third kappa shape index (κ3) is 3.49. The van der Waals surface area contributed by atoms with Crippen molar-refractivity contribution in [1.29, 1.82) is 0 Å². The van der Waals surface area contributed by atoms with E-state index in [1.807, 2.05) is 0 Å². The van der Waals surface area contributed by atoms with Crippen LogP contribution in [0.4, 0.5) is 0 Å². The first-order valence-electron chi connectivity index (χ1n) is 6.66. The molecule has 0 radical (unpaired) electrons. The van der Waals surface area contributed by atoms with Gasteiger partial charge in [0, 0.05) is 16.9 Å². The van der Waals surface area contributed by atoms with Crippen LogP contribution in [0.2, 0.25) is 0 Å². The molecule has 0 atom stereocenters. The quantitative estimate of drug-likeness (QED) is 0.719. The second kappa shape index (κ2) is 6.61. The van der Waals surface area contributed by atoms with Crippen LogP contribution in [0.15, 0.2) is 68.8 Å². The summed E-state index contributed by atoms with van der Waals surface area (Å²) in [6, 6.07) is 10.1. The van der Waals surface area contributed by atoms with Crippen molar-refractivity contribution in [3.8, 4) is 11.5 Å². The fourth-order valence-corrected chi connectivity index (χ4v) is 4.01. The summed E-state index contributed by atoms with van der Waals surface area (Å²) < 4.78 is 33.2. The summed E-state index contributed by atoms with van der Waals surface area (Å²) in [6.07, 6.45) is 4.57. The van der Waals surface area contributed by atoms with E-state index in [1.54, 1.807) is 30.3 Å². The SMILES string of the molecule is O=S(=O)(NCc1nccnc1-c1ccco1)c1ccccc1Br. The van der Waals surface area contributed by atoms with Crippen molar-refractivity contribution >= 4 is 26.0 Å². The van der Waals surface area contributed by atoms with Gasteiger partial charge in [-0.3, -0.25) is 4.98 Å².